The molecule has 0 bridgehead atoms. The molecule has 0 aromatic rings. The van der Waals surface area contributed by atoms with Gasteiger partial charge in [-0.1, -0.05) is 0 Å². The Morgan fingerprint density at radius 1 is 0.935 bits per heavy atom. The van der Waals surface area contributed by atoms with E-state index in [9.17, 15) is 19.2 Å². The van der Waals surface area contributed by atoms with Crippen LogP contribution in [0.1, 0.15) is 12.8 Å². The molecule has 1 saturated heterocycles. The Morgan fingerprint density at radius 3 is 2.10 bits per heavy atom. The standard InChI is InChI=1S/C19H30N4O8/c20-3-5-28-7-9-30-11-12-31-10-8-29-6-4-21-14-13-17(25)23(19(14)27)15-1-2-16(24)22-18(15)26/h13,15,21H,1-12,20H2,(H,22,24,26). The molecule has 2 aliphatic heterocycles. The van der Waals surface area contributed by atoms with Gasteiger partial charge in [-0.2, -0.15) is 0 Å². The lowest BCUT2D eigenvalue weighted by molar-refractivity contribution is -0.149. The molecule has 2 heterocycles. The van der Waals surface area contributed by atoms with Crippen molar-refractivity contribution in [1.29, 1.82) is 0 Å². The molecule has 1 unspecified atom stereocenters. The molecule has 2 rings (SSSR count). The molecule has 1 atom stereocenters. The maximum atomic E-state index is 12.4. The zero-order valence-electron chi connectivity index (χ0n) is 17.4. The Hall–Kier alpha value is -2.38. The van der Waals surface area contributed by atoms with E-state index >= 15 is 0 Å². The number of carbonyl (C=O) groups excluding carboxylic acids is 4. The smallest absolute Gasteiger partial charge is 0.277 e. The molecule has 4 amide bonds. The van der Waals surface area contributed by atoms with Crippen molar-refractivity contribution in [2.24, 2.45) is 5.73 Å². The van der Waals surface area contributed by atoms with Crippen molar-refractivity contribution in [2.45, 2.75) is 18.9 Å². The van der Waals surface area contributed by atoms with Gasteiger partial charge in [-0.15, -0.1) is 0 Å². The quantitative estimate of drug-likeness (QED) is 0.175. The molecule has 174 valence electrons. The molecule has 31 heavy (non-hydrogen) atoms. The Balaban J connectivity index is 1.50. The molecule has 2 aliphatic rings. The number of ether oxygens (including phenoxy) is 4. The topological polar surface area (TPSA) is 159 Å². The van der Waals surface area contributed by atoms with Crippen LogP contribution < -0.4 is 16.4 Å². The first kappa shape index (κ1) is 24.9. The van der Waals surface area contributed by atoms with E-state index in [0.717, 1.165) is 11.0 Å². The van der Waals surface area contributed by atoms with E-state index < -0.39 is 29.7 Å². The Morgan fingerprint density at radius 2 is 1.52 bits per heavy atom. The van der Waals surface area contributed by atoms with E-state index in [0.29, 0.717) is 65.9 Å². The molecule has 0 aromatic carbocycles. The van der Waals surface area contributed by atoms with Crippen molar-refractivity contribution in [3.8, 4) is 0 Å². The molecule has 0 aromatic heterocycles. The lowest BCUT2D eigenvalue weighted by Crippen LogP contribution is -2.54. The fourth-order valence-electron chi connectivity index (χ4n) is 2.94. The first-order valence-corrected chi connectivity index (χ1v) is 10.2. The Labute approximate surface area is 180 Å². The molecular weight excluding hydrogens is 412 g/mol. The lowest BCUT2D eigenvalue weighted by Gasteiger charge is -2.28. The van der Waals surface area contributed by atoms with Gasteiger partial charge in [0.05, 0.1) is 52.9 Å². The van der Waals surface area contributed by atoms with Crippen molar-refractivity contribution >= 4 is 23.6 Å². The third-order valence-electron chi connectivity index (χ3n) is 4.42. The maximum Gasteiger partial charge on any atom is 0.277 e. The minimum atomic E-state index is -0.968. The van der Waals surface area contributed by atoms with Crippen molar-refractivity contribution < 1.29 is 38.1 Å². The average Bonchev–Trinajstić information content (AvgIpc) is 3.02. The van der Waals surface area contributed by atoms with Gasteiger partial charge in [-0.3, -0.25) is 29.4 Å². The van der Waals surface area contributed by atoms with Gasteiger partial charge in [0.25, 0.3) is 11.8 Å². The van der Waals surface area contributed by atoms with Crippen LogP contribution in [0.25, 0.3) is 0 Å². The van der Waals surface area contributed by atoms with E-state index in [4.69, 9.17) is 24.7 Å². The third-order valence-corrected chi connectivity index (χ3v) is 4.42. The summed E-state index contributed by atoms with van der Waals surface area (Å²) in [4.78, 5) is 48.6. The highest BCUT2D eigenvalue weighted by atomic mass is 16.6. The number of carbonyl (C=O) groups is 4. The SMILES string of the molecule is NCCOCCOCCOCCOCCNC1=CC(=O)N(C2CCC(=O)NC2=O)C1=O. The van der Waals surface area contributed by atoms with Gasteiger partial charge < -0.3 is 30.0 Å². The summed E-state index contributed by atoms with van der Waals surface area (Å²) in [5, 5.41) is 4.98. The van der Waals surface area contributed by atoms with Crippen LogP contribution in [-0.4, -0.2) is 101 Å². The van der Waals surface area contributed by atoms with E-state index in [2.05, 4.69) is 10.6 Å². The number of nitrogens with one attached hydrogen (secondary N) is 2. The molecule has 12 heteroatoms. The van der Waals surface area contributed by atoms with E-state index in [1.54, 1.807) is 0 Å². The minimum Gasteiger partial charge on any atom is -0.378 e. The van der Waals surface area contributed by atoms with Crippen LogP contribution in [0, 0.1) is 0 Å². The number of hydrogen-bond donors (Lipinski definition) is 3. The van der Waals surface area contributed by atoms with Crippen molar-refractivity contribution in [3.63, 3.8) is 0 Å². The summed E-state index contributed by atoms with van der Waals surface area (Å²) in [5.74, 6) is -2.21. The van der Waals surface area contributed by atoms with Crippen LogP contribution in [0.3, 0.4) is 0 Å². The summed E-state index contributed by atoms with van der Waals surface area (Å²) in [7, 11) is 0. The third kappa shape index (κ3) is 8.34. The number of nitrogens with zero attached hydrogens (tertiary/aromatic N) is 1. The van der Waals surface area contributed by atoms with Crippen LogP contribution in [0.4, 0.5) is 0 Å². The minimum absolute atomic E-state index is 0.0848. The zero-order chi connectivity index (χ0) is 22.5. The number of amides is 4. The fraction of sp³-hybridized carbons (Fsp3) is 0.684. The van der Waals surface area contributed by atoms with Gasteiger partial charge >= 0.3 is 0 Å². The molecule has 0 saturated carbocycles. The summed E-state index contributed by atoms with van der Waals surface area (Å²) < 4.78 is 21.2. The van der Waals surface area contributed by atoms with Crippen LogP contribution in [0.2, 0.25) is 0 Å². The lowest BCUT2D eigenvalue weighted by atomic mass is 10.0. The second kappa shape index (κ2) is 13.8. The molecule has 0 spiro atoms. The number of hydrogen-bond acceptors (Lipinski definition) is 10. The van der Waals surface area contributed by atoms with Crippen molar-refractivity contribution in [2.75, 3.05) is 65.9 Å². The van der Waals surface area contributed by atoms with Gasteiger partial charge in [-0.25, -0.2) is 0 Å². The van der Waals surface area contributed by atoms with E-state index in [-0.39, 0.29) is 18.5 Å². The van der Waals surface area contributed by atoms with Gasteiger partial charge in [0.1, 0.15) is 11.7 Å². The van der Waals surface area contributed by atoms with Gasteiger partial charge in [0.15, 0.2) is 0 Å². The van der Waals surface area contributed by atoms with Crippen LogP contribution in [0.5, 0.6) is 0 Å². The first-order chi connectivity index (χ1) is 15.0. The number of imide groups is 2. The number of nitrogens with two attached hydrogens (primary N) is 1. The molecule has 1 fully saturated rings. The van der Waals surface area contributed by atoms with Crippen molar-refractivity contribution in [1.82, 2.24) is 15.5 Å². The zero-order valence-corrected chi connectivity index (χ0v) is 17.4. The largest absolute Gasteiger partial charge is 0.378 e. The summed E-state index contributed by atoms with van der Waals surface area (Å²) in [6, 6.07) is -0.968. The van der Waals surface area contributed by atoms with Gasteiger partial charge in [0, 0.05) is 25.6 Å². The monoisotopic (exact) mass is 442 g/mol. The average molecular weight is 442 g/mol. The molecule has 0 radical (unpaired) electrons. The van der Waals surface area contributed by atoms with Crippen LogP contribution >= 0.6 is 0 Å². The highest BCUT2D eigenvalue weighted by Crippen LogP contribution is 2.19. The summed E-state index contributed by atoms with van der Waals surface area (Å²) in [6.07, 6.45) is 1.36. The Bertz CT molecular complexity index is 669. The fourth-order valence-corrected chi connectivity index (χ4v) is 2.94. The molecule has 12 nitrogen and oxygen atoms in total. The number of piperidine rings is 1. The molecule has 4 N–H and O–H groups in total. The second-order valence-electron chi connectivity index (χ2n) is 6.70. The first-order valence-electron chi connectivity index (χ1n) is 10.2. The van der Waals surface area contributed by atoms with Crippen molar-refractivity contribution in [3.05, 3.63) is 11.8 Å². The summed E-state index contributed by atoms with van der Waals surface area (Å²) in [6.45, 7) is 4.28. The summed E-state index contributed by atoms with van der Waals surface area (Å²) >= 11 is 0. The highest BCUT2D eigenvalue weighted by Gasteiger charge is 2.42. The highest BCUT2D eigenvalue weighted by molar-refractivity contribution is 6.18. The van der Waals surface area contributed by atoms with Gasteiger partial charge in [0.2, 0.25) is 11.8 Å². The van der Waals surface area contributed by atoms with Gasteiger partial charge in [-0.05, 0) is 6.42 Å². The maximum absolute atomic E-state index is 12.4. The summed E-state index contributed by atoms with van der Waals surface area (Å²) in [5.41, 5.74) is 5.40. The van der Waals surface area contributed by atoms with E-state index in [1.807, 2.05) is 0 Å². The number of rotatable bonds is 16. The predicted molar refractivity (Wildman–Crippen MR) is 106 cm³/mol. The normalized spacial score (nSPS) is 19.1. The Kier molecular flexibility index (Phi) is 11.1. The van der Waals surface area contributed by atoms with Crippen LogP contribution in [0.15, 0.2) is 11.8 Å². The molecule has 0 aliphatic carbocycles. The second-order valence-corrected chi connectivity index (χ2v) is 6.70. The predicted octanol–water partition coefficient (Wildman–Crippen LogP) is -2.34. The van der Waals surface area contributed by atoms with E-state index in [1.165, 1.54) is 0 Å². The van der Waals surface area contributed by atoms with Crippen LogP contribution in [-0.2, 0) is 38.1 Å². The molecular formula is C19H30N4O8.